The molecule has 1 aromatic carbocycles. The van der Waals surface area contributed by atoms with Gasteiger partial charge in [0.05, 0.1) is 21.7 Å². The fraction of sp³-hybridized carbons (Fsp3) is 0.292. The lowest BCUT2D eigenvalue weighted by Gasteiger charge is -2.37. The van der Waals surface area contributed by atoms with Gasteiger partial charge >= 0.3 is 5.69 Å². The first kappa shape index (κ1) is 22.8. The highest BCUT2D eigenvalue weighted by atomic mass is 35.5. The number of piperazine rings is 1. The van der Waals surface area contributed by atoms with Crippen LogP contribution in [-0.2, 0) is 6.54 Å². The molecule has 3 aromatic heterocycles. The Balaban J connectivity index is 1.31. The lowest BCUT2D eigenvalue weighted by Crippen LogP contribution is -2.46. The van der Waals surface area contributed by atoms with E-state index < -0.39 is 0 Å². The third-order valence-electron chi connectivity index (χ3n) is 6.23. The molecule has 1 aliphatic heterocycles. The summed E-state index contributed by atoms with van der Waals surface area (Å²) in [6.45, 7) is 4.15. The van der Waals surface area contributed by atoms with Crippen molar-refractivity contribution in [1.29, 1.82) is 0 Å². The van der Waals surface area contributed by atoms with E-state index in [1.807, 2.05) is 36.7 Å². The highest BCUT2D eigenvalue weighted by Gasteiger charge is 2.23. The number of hydrogen-bond donors (Lipinski definition) is 2. The number of anilines is 1. The molecule has 10 heteroatoms. The maximum Gasteiger partial charge on any atom is 0.330 e. The van der Waals surface area contributed by atoms with Gasteiger partial charge in [0.1, 0.15) is 5.52 Å². The van der Waals surface area contributed by atoms with Gasteiger partial charge in [-0.15, -0.1) is 11.8 Å². The van der Waals surface area contributed by atoms with Crippen molar-refractivity contribution in [2.75, 3.05) is 44.4 Å². The van der Waals surface area contributed by atoms with Crippen LogP contribution >= 0.6 is 23.4 Å². The van der Waals surface area contributed by atoms with Crippen LogP contribution in [0.25, 0.3) is 16.6 Å². The molecule has 34 heavy (non-hydrogen) atoms. The van der Waals surface area contributed by atoms with Gasteiger partial charge < -0.3 is 15.2 Å². The minimum atomic E-state index is -0.163. The average Bonchev–Trinajstić information content (AvgIpc) is 3.34. The summed E-state index contributed by atoms with van der Waals surface area (Å²) in [7, 11) is 1.62. The van der Waals surface area contributed by atoms with Crippen molar-refractivity contribution in [1.82, 2.24) is 24.6 Å². The second-order valence-electron chi connectivity index (χ2n) is 8.28. The number of nitrogens with one attached hydrogen (secondary N) is 2. The standard InChI is InChI=1S/C24H25ClN6O2S/c1-26-23(32)16-11-17(25)22(20(12-16)34-2)30-8-6-29(7-9-30)14-15-10-18-21(27-13-15)19-4-3-5-31(19)24(33)28-18/h3-5,10-13H,6-9,14H2,1-2H3,(H,26,32)(H,28,33). The summed E-state index contributed by atoms with van der Waals surface area (Å²) in [5.74, 6) is -0.142. The molecular weight excluding hydrogens is 472 g/mol. The summed E-state index contributed by atoms with van der Waals surface area (Å²) in [5, 5.41) is 3.25. The molecule has 1 saturated heterocycles. The third-order valence-corrected chi connectivity index (χ3v) is 7.27. The molecule has 1 fully saturated rings. The van der Waals surface area contributed by atoms with Crippen molar-refractivity contribution in [2.45, 2.75) is 11.4 Å². The molecule has 0 spiro atoms. The van der Waals surface area contributed by atoms with Crippen molar-refractivity contribution in [3.8, 4) is 0 Å². The number of nitrogens with zero attached hydrogens (tertiary/aromatic N) is 4. The molecule has 0 saturated carbocycles. The topological polar surface area (TPSA) is 85.7 Å². The molecule has 0 unspecified atom stereocenters. The Kier molecular flexibility index (Phi) is 6.24. The maximum absolute atomic E-state index is 12.3. The van der Waals surface area contributed by atoms with E-state index in [4.69, 9.17) is 11.6 Å². The predicted molar refractivity (Wildman–Crippen MR) is 137 cm³/mol. The zero-order valence-corrected chi connectivity index (χ0v) is 20.5. The molecule has 1 amide bonds. The van der Waals surface area contributed by atoms with Gasteiger partial charge in [-0.25, -0.2) is 4.79 Å². The number of benzene rings is 1. The Morgan fingerprint density at radius 3 is 2.76 bits per heavy atom. The van der Waals surface area contributed by atoms with E-state index in [0.717, 1.165) is 65.4 Å². The van der Waals surface area contributed by atoms with E-state index in [1.165, 1.54) is 0 Å². The number of aromatic amines is 1. The van der Waals surface area contributed by atoms with Gasteiger partial charge in [0.25, 0.3) is 5.91 Å². The van der Waals surface area contributed by atoms with Crippen LogP contribution < -0.4 is 15.9 Å². The first-order chi connectivity index (χ1) is 16.5. The van der Waals surface area contributed by atoms with Crippen molar-refractivity contribution in [3.63, 3.8) is 0 Å². The van der Waals surface area contributed by atoms with Crippen LogP contribution in [0.1, 0.15) is 15.9 Å². The Morgan fingerprint density at radius 1 is 1.24 bits per heavy atom. The van der Waals surface area contributed by atoms with Crippen molar-refractivity contribution in [2.24, 2.45) is 0 Å². The average molecular weight is 497 g/mol. The summed E-state index contributed by atoms with van der Waals surface area (Å²) < 4.78 is 1.57. The number of rotatable bonds is 5. The lowest BCUT2D eigenvalue weighted by atomic mass is 10.1. The van der Waals surface area contributed by atoms with E-state index in [-0.39, 0.29) is 11.6 Å². The minimum absolute atomic E-state index is 0.142. The van der Waals surface area contributed by atoms with Gasteiger partial charge in [0.15, 0.2) is 0 Å². The van der Waals surface area contributed by atoms with Gasteiger partial charge in [-0.2, -0.15) is 0 Å². The minimum Gasteiger partial charge on any atom is -0.367 e. The fourth-order valence-corrected chi connectivity index (χ4v) is 5.59. The van der Waals surface area contributed by atoms with Crippen LogP contribution in [0.2, 0.25) is 5.02 Å². The van der Waals surface area contributed by atoms with Gasteiger partial charge in [0.2, 0.25) is 0 Å². The highest BCUT2D eigenvalue weighted by Crippen LogP contribution is 2.37. The molecule has 0 bridgehead atoms. The summed E-state index contributed by atoms with van der Waals surface area (Å²) >= 11 is 8.22. The number of thioether (sulfide) groups is 1. The van der Waals surface area contributed by atoms with Crippen LogP contribution in [-0.4, -0.2) is 64.7 Å². The predicted octanol–water partition coefficient (Wildman–Crippen LogP) is 3.23. The molecule has 0 aliphatic carbocycles. The summed E-state index contributed by atoms with van der Waals surface area (Å²) in [6.07, 6.45) is 5.63. The number of carbonyl (C=O) groups excluding carboxylic acids is 1. The highest BCUT2D eigenvalue weighted by molar-refractivity contribution is 7.98. The zero-order valence-electron chi connectivity index (χ0n) is 19.0. The second kappa shape index (κ2) is 9.32. The molecular formula is C24H25ClN6O2S. The Morgan fingerprint density at radius 2 is 2.03 bits per heavy atom. The molecule has 2 N–H and O–H groups in total. The Labute approximate surface area is 205 Å². The van der Waals surface area contributed by atoms with E-state index in [2.05, 4.69) is 25.1 Å². The monoisotopic (exact) mass is 496 g/mol. The molecule has 0 atom stereocenters. The number of fused-ring (bicyclic) bond motifs is 3. The maximum atomic E-state index is 12.3. The van der Waals surface area contributed by atoms with Crippen molar-refractivity contribution in [3.05, 3.63) is 69.4 Å². The first-order valence-corrected chi connectivity index (χ1v) is 12.6. The third kappa shape index (κ3) is 4.15. The van der Waals surface area contributed by atoms with E-state index >= 15 is 0 Å². The van der Waals surface area contributed by atoms with Gasteiger partial charge in [-0.05, 0) is 42.2 Å². The number of amides is 1. The van der Waals surface area contributed by atoms with Crippen LogP contribution in [0.4, 0.5) is 5.69 Å². The van der Waals surface area contributed by atoms with E-state index in [1.54, 1.807) is 35.5 Å². The Bertz CT molecular complexity index is 1440. The Hall–Kier alpha value is -3.01. The molecule has 176 valence electrons. The molecule has 1 aliphatic rings. The molecule has 8 nitrogen and oxygen atoms in total. The van der Waals surface area contributed by atoms with Gasteiger partial charge in [-0.3, -0.25) is 19.1 Å². The summed E-state index contributed by atoms with van der Waals surface area (Å²) in [4.78, 5) is 37.6. The number of aromatic nitrogens is 3. The zero-order chi connectivity index (χ0) is 23.8. The SMILES string of the molecule is CNC(=O)c1cc(Cl)c(N2CCN(Cc3cnc4c(c3)[nH]c(=O)n3cccc43)CC2)c(SC)c1. The molecule has 5 rings (SSSR count). The molecule has 4 aromatic rings. The lowest BCUT2D eigenvalue weighted by molar-refractivity contribution is 0.0963. The second-order valence-corrected chi connectivity index (χ2v) is 9.54. The largest absolute Gasteiger partial charge is 0.367 e. The van der Waals surface area contributed by atoms with E-state index in [0.29, 0.717) is 10.6 Å². The molecule has 4 heterocycles. The first-order valence-electron chi connectivity index (χ1n) is 11.0. The van der Waals surface area contributed by atoms with Gasteiger partial charge in [-0.1, -0.05) is 11.6 Å². The number of carbonyl (C=O) groups is 1. The smallest absolute Gasteiger partial charge is 0.330 e. The summed E-state index contributed by atoms with van der Waals surface area (Å²) in [6, 6.07) is 9.41. The van der Waals surface area contributed by atoms with Crippen LogP contribution in [0.5, 0.6) is 0 Å². The van der Waals surface area contributed by atoms with Crippen LogP contribution in [0, 0.1) is 0 Å². The summed E-state index contributed by atoms with van der Waals surface area (Å²) in [5.41, 5.74) is 4.80. The van der Waals surface area contributed by atoms with Gasteiger partial charge in [0, 0.05) is 62.6 Å². The quantitative estimate of drug-likeness (QED) is 0.413. The number of H-pyrrole nitrogens is 1. The van der Waals surface area contributed by atoms with Crippen LogP contribution in [0.15, 0.2) is 52.4 Å². The van der Waals surface area contributed by atoms with Crippen molar-refractivity contribution < 1.29 is 4.79 Å². The van der Waals surface area contributed by atoms with E-state index in [9.17, 15) is 9.59 Å². The van der Waals surface area contributed by atoms with Crippen molar-refractivity contribution >= 4 is 51.5 Å². The molecule has 0 radical (unpaired) electrons. The number of halogens is 1. The normalized spacial score (nSPS) is 14.7. The van der Waals surface area contributed by atoms with Crippen LogP contribution in [0.3, 0.4) is 0 Å². The fourth-order valence-electron chi connectivity index (χ4n) is 4.52. The number of pyridine rings is 1. The number of hydrogen-bond acceptors (Lipinski definition) is 6.